The number of furan rings is 1. The average molecular weight is 429 g/mol. The third-order valence-corrected chi connectivity index (χ3v) is 7.85. The Morgan fingerprint density at radius 1 is 1.20 bits per heavy atom. The number of piperidine rings is 1. The standard InChI is InChI=1S/C22H23NO6S/c1-12-17(18-14(24)3-2-4-15(18)29-12)20(25)23-8-6-22(7-9-23)19-13(5-10-28-22)11-16(30-19)21(26)27/h11H,2-10H2,1H3,(H,26,27). The van der Waals surface area contributed by atoms with E-state index in [2.05, 4.69) is 0 Å². The number of likely N-dealkylation sites (tertiary alicyclic amines) is 1. The molecule has 0 radical (unpaired) electrons. The van der Waals surface area contributed by atoms with Crippen LogP contribution >= 0.6 is 11.3 Å². The van der Waals surface area contributed by atoms with Crippen molar-refractivity contribution in [1.82, 2.24) is 4.90 Å². The Balaban J connectivity index is 1.39. The average Bonchev–Trinajstić information content (AvgIpc) is 3.31. The highest BCUT2D eigenvalue weighted by Gasteiger charge is 2.44. The molecule has 1 aliphatic carbocycles. The Morgan fingerprint density at radius 2 is 1.97 bits per heavy atom. The molecule has 0 atom stereocenters. The topological polar surface area (TPSA) is 97.1 Å². The predicted molar refractivity (Wildman–Crippen MR) is 108 cm³/mol. The number of Topliss-reactive ketones (excluding diaryl/α,β-unsaturated/α-hetero) is 1. The zero-order valence-corrected chi connectivity index (χ0v) is 17.6. The van der Waals surface area contributed by atoms with Gasteiger partial charge < -0.3 is 19.2 Å². The molecule has 1 fully saturated rings. The maximum absolute atomic E-state index is 13.3. The Labute approximate surface area is 177 Å². The Kier molecular flexibility index (Phi) is 4.59. The van der Waals surface area contributed by atoms with Crippen molar-refractivity contribution in [3.05, 3.63) is 44.0 Å². The fourth-order valence-electron chi connectivity index (χ4n) is 4.99. The van der Waals surface area contributed by atoms with E-state index in [4.69, 9.17) is 9.15 Å². The highest BCUT2D eigenvalue weighted by atomic mass is 32.1. The number of carboxylic acid groups (broad SMARTS) is 1. The van der Waals surface area contributed by atoms with Crippen molar-refractivity contribution in [2.45, 2.75) is 51.0 Å². The molecule has 0 aromatic carbocycles. The molecule has 1 spiro atoms. The van der Waals surface area contributed by atoms with Crippen LogP contribution in [0.15, 0.2) is 10.5 Å². The van der Waals surface area contributed by atoms with Crippen LogP contribution in [-0.4, -0.2) is 47.4 Å². The number of rotatable bonds is 2. The summed E-state index contributed by atoms with van der Waals surface area (Å²) >= 11 is 1.29. The first-order chi connectivity index (χ1) is 14.4. The molecule has 0 saturated carbocycles. The molecule has 5 rings (SSSR count). The summed E-state index contributed by atoms with van der Waals surface area (Å²) in [5.74, 6) is 0.0739. The van der Waals surface area contributed by atoms with E-state index in [0.717, 1.165) is 16.9 Å². The third kappa shape index (κ3) is 2.93. The van der Waals surface area contributed by atoms with E-state index in [1.165, 1.54) is 11.3 Å². The van der Waals surface area contributed by atoms with E-state index in [9.17, 15) is 19.5 Å². The van der Waals surface area contributed by atoms with Crippen LogP contribution < -0.4 is 0 Å². The van der Waals surface area contributed by atoms with Crippen LogP contribution in [0.25, 0.3) is 0 Å². The molecule has 2 aromatic rings. The van der Waals surface area contributed by atoms with E-state index in [-0.39, 0.29) is 11.7 Å². The summed E-state index contributed by atoms with van der Waals surface area (Å²) in [6, 6.07) is 1.76. The van der Waals surface area contributed by atoms with E-state index < -0.39 is 11.6 Å². The van der Waals surface area contributed by atoms with E-state index in [1.807, 2.05) is 0 Å². The monoisotopic (exact) mass is 429 g/mol. The zero-order valence-electron chi connectivity index (χ0n) is 16.8. The minimum Gasteiger partial charge on any atom is -0.477 e. The van der Waals surface area contributed by atoms with Crippen molar-refractivity contribution in [2.75, 3.05) is 19.7 Å². The van der Waals surface area contributed by atoms with Gasteiger partial charge in [0.25, 0.3) is 5.91 Å². The lowest BCUT2D eigenvalue weighted by molar-refractivity contribution is -0.0906. The van der Waals surface area contributed by atoms with E-state index in [1.54, 1.807) is 17.9 Å². The van der Waals surface area contributed by atoms with Gasteiger partial charge in [-0.2, -0.15) is 0 Å². The number of ketones is 1. The molecule has 30 heavy (non-hydrogen) atoms. The summed E-state index contributed by atoms with van der Waals surface area (Å²) in [5, 5.41) is 9.37. The smallest absolute Gasteiger partial charge is 0.345 e. The van der Waals surface area contributed by atoms with Crippen LogP contribution in [0, 0.1) is 6.92 Å². The van der Waals surface area contributed by atoms with E-state index in [0.29, 0.717) is 79.3 Å². The number of thiophene rings is 1. The molecule has 158 valence electrons. The van der Waals surface area contributed by atoms with Crippen molar-refractivity contribution in [2.24, 2.45) is 0 Å². The van der Waals surface area contributed by atoms with Gasteiger partial charge in [-0.25, -0.2) is 4.79 Å². The maximum Gasteiger partial charge on any atom is 0.345 e. The Hall–Kier alpha value is -2.45. The molecular weight excluding hydrogens is 406 g/mol. The molecule has 8 heteroatoms. The van der Waals surface area contributed by atoms with Gasteiger partial charge >= 0.3 is 5.97 Å². The molecule has 7 nitrogen and oxygen atoms in total. The third-order valence-electron chi connectivity index (χ3n) is 6.50. The van der Waals surface area contributed by atoms with E-state index >= 15 is 0 Å². The van der Waals surface area contributed by atoms with Crippen molar-refractivity contribution in [3.8, 4) is 0 Å². The van der Waals surface area contributed by atoms with Crippen LogP contribution in [0.5, 0.6) is 0 Å². The zero-order chi connectivity index (χ0) is 21.0. The van der Waals surface area contributed by atoms with Crippen LogP contribution in [-0.2, 0) is 23.2 Å². The second kappa shape index (κ2) is 7.06. The minimum atomic E-state index is -0.915. The lowest BCUT2D eigenvalue weighted by Gasteiger charge is -2.43. The second-order valence-corrected chi connectivity index (χ2v) is 9.32. The number of fused-ring (bicyclic) bond motifs is 3. The summed E-state index contributed by atoms with van der Waals surface area (Å²) in [6.45, 7) is 3.29. The largest absolute Gasteiger partial charge is 0.477 e. The van der Waals surface area contributed by atoms with Gasteiger partial charge in [0.15, 0.2) is 5.78 Å². The molecule has 2 aromatic heterocycles. The molecule has 1 N–H and O–H groups in total. The summed E-state index contributed by atoms with van der Waals surface area (Å²) in [4.78, 5) is 40.3. The lowest BCUT2D eigenvalue weighted by Crippen LogP contribution is -2.48. The van der Waals surface area contributed by atoms with Crippen molar-refractivity contribution in [1.29, 1.82) is 0 Å². The van der Waals surface area contributed by atoms with Crippen molar-refractivity contribution >= 4 is 29.0 Å². The molecule has 1 saturated heterocycles. The van der Waals surface area contributed by atoms with Crippen molar-refractivity contribution in [3.63, 3.8) is 0 Å². The summed E-state index contributed by atoms with van der Waals surface area (Å²) in [6.07, 6.45) is 3.84. The number of hydrogen-bond donors (Lipinski definition) is 1. The minimum absolute atomic E-state index is 0.00929. The number of carbonyl (C=O) groups excluding carboxylic acids is 2. The SMILES string of the molecule is Cc1oc2c(c1C(=O)N1CCC3(CC1)OCCc1cc(C(=O)O)sc13)C(=O)CCC2. The lowest BCUT2D eigenvalue weighted by atomic mass is 9.85. The highest BCUT2D eigenvalue weighted by molar-refractivity contribution is 7.14. The Morgan fingerprint density at radius 3 is 2.70 bits per heavy atom. The number of ether oxygens (including phenoxy) is 1. The molecule has 4 heterocycles. The number of carboxylic acids is 1. The van der Waals surface area contributed by atoms with Crippen LogP contribution in [0.2, 0.25) is 0 Å². The molecule has 3 aliphatic rings. The highest BCUT2D eigenvalue weighted by Crippen LogP contribution is 2.46. The van der Waals surface area contributed by atoms with Gasteiger partial charge in [-0.3, -0.25) is 9.59 Å². The first-order valence-corrected chi connectivity index (χ1v) is 11.2. The van der Waals surface area contributed by atoms with Gasteiger partial charge in [0, 0.05) is 30.8 Å². The van der Waals surface area contributed by atoms with Gasteiger partial charge in [0.1, 0.15) is 22.0 Å². The molecule has 1 amide bonds. The van der Waals surface area contributed by atoms with Crippen LogP contribution in [0.1, 0.15) is 78.0 Å². The number of carbonyl (C=O) groups is 3. The van der Waals surface area contributed by atoms with Crippen LogP contribution in [0.4, 0.5) is 0 Å². The van der Waals surface area contributed by atoms with Gasteiger partial charge in [-0.1, -0.05) is 0 Å². The van der Waals surface area contributed by atoms with Gasteiger partial charge in [0.2, 0.25) is 0 Å². The number of aromatic carboxylic acids is 1. The van der Waals surface area contributed by atoms with Gasteiger partial charge in [-0.05, 0) is 44.2 Å². The van der Waals surface area contributed by atoms with Gasteiger partial charge in [-0.15, -0.1) is 11.3 Å². The first kappa shape index (κ1) is 19.5. The van der Waals surface area contributed by atoms with Gasteiger partial charge in [0.05, 0.1) is 17.7 Å². The van der Waals surface area contributed by atoms with Crippen molar-refractivity contribution < 1.29 is 28.6 Å². The predicted octanol–water partition coefficient (Wildman–Crippen LogP) is 3.57. The first-order valence-electron chi connectivity index (χ1n) is 10.3. The fraction of sp³-hybridized carbons (Fsp3) is 0.500. The number of amides is 1. The number of aryl methyl sites for hydroxylation is 2. The molecule has 0 bridgehead atoms. The maximum atomic E-state index is 13.3. The Bertz CT molecular complexity index is 1060. The normalized spacial score (nSPS) is 20.2. The molecular formula is C22H23NO6S. The summed E-state index contributed by atoms with van der Waals surface area (Å²) < 4.78 is 11.9. The summed E-state index contributed by atoms with van der Waals surface area (Å²) in [7, 11) is 0. The summed E-state index contributed by atoms with van der Waals surface area (Å²) in [5.41, 5.74) is 1.42. The number of nitrogens with zero attached hydrogens (tertiary/aromatic N) is 1. The van der Waals surface area contributed by atoms with Crippen LogP contribution in [0.3, 0.4) is 0 Å². The second-order valence-electron chi connectivity index (χ2n) is 8.26. The quantitative estimate of drug-likeness (QED) is 0.784. The fourth-order valence-corrected chi connectivity index (χ4v) is 6.24. The molecule has 2 aliphatic heterocycles. The number of hydrogen-bond acceptors (Lipinski definition) is 6. The molecule has 0 unspecified atom stereocenters.